The Morgan fingerprint density at radius 3 is 2.58 bits per heavy atom. The van der Waals surface area contributed by atoms with Crippen LogP contribution in [0, 0.1) is 18.8 Å². The van der Waals surface area contributed by atoms with Gasteiger partial charge in [-0.15, -0.1) is 0 Å². The molecule has 1 aliphatic rings. The highest BCUT2D eigenvalue weighted by atomic mass is 16.5. The van der Waals surface area contributed by atoms with Crippen molar-refractivity contribution in [2.45, 2.75) is 39.2 Å². The zero-order valence-electron chi connectivity index (χ0n) is 18.6. The van der Waals surface area contributed by atoms with Gasteiger partial charge in [-0.1, -0.05) is 18.1 Å². The monoisotopic (exact) mass is 421 g/mol. The number of hydrogen-bond acceptors (Lipinski definition) is 5. The smallest absolute Gasteiger partial charge is 0.261 e. The first-order valence-corrected chi connectivity index (χ1v) is 11.0. The zero-order chi connectivity index (χ0) is 22.0. The van der Waals surface area contributed by atoms with Crippen LogP contribution in [0.4, 0.5) is 0 Å². The molecular weight excluding hydrogens is 390 g/mol. The van der Waals surface area contributed by atoms with Crippen LogP contribution in [-0.2, 0) is 6.54 Å². The van der Waals surface area contributed by atoms with E-state index in [1.165, 1.54) is 6.42 Å². The van der Waals surface area contributed by atoms with Gasteiger partial charge in [-0.3, -0.25) is 9.36 Å². The number of rotatable bonds is 6. The maximum atomic E-state index is 13.6. The molecule has 1 aliphatic carbocycles. The predicted octanol–water partition coefficient (Wildman–Crippen LogP) is 4.15. The Kier molecular flexibility index (Phi) is 6.28. The van der Waals surface area contributed by atoms with Gasteiger partial charge in [0.1, 0.15) is 5.82 Å². The summed E-state index contributed by atoms with van der Waals surface area (Å²) in [5, 5.41) is 0.662. The van der Waals surface area contributed by atoms with Crippen LogP contribution in [0.1, 0.15) is 31.2 Å². The summed E-state index contributed by atoms with van der Waals surface area (Å²) < 4.78 is 12.7. The molecule has 0 aliphatic heterocycles. The molecule has 2 aromatic carbocycles. The topological polar surface area (TPSA) is 79.4 Å². The van der Waals surface area contributed by atoms with Gasteiger partial charge in [0.15, 0.2) is 11.5 Å². The molecule has 0 spiro atoms. The molecular formula is C25H31N3O3. The number of nitrogens with two attached hydrogens (primary N) is 1. The number of aromatic nitrogens is 2. The van der Waals surface area contributed by atoms with E-state index < -0.39 is 0 Å². The molecule has 6 heteroatoms. The average Bonchev–Trinajstić information content (AvgIpc) is 2.80. The van der Waals surface area contributed by atoms with Crippen LogP contribution in [0.3, 0.4) is 0 Å². The molecule has 0 amide bonds. The van der Waals surface area contributed by atoms with Crippen LogP contribution in [-0.4, -0.2) is 30.3 Å². The summed E-state index contributed by atoms with van der Waals surface area (Å²) in [6.45, 7) is 3.36. The first kappa shape index (κ1) is 21.4. The Morgan fingerprint density at radius 1 is 1.06 bits per heavy atom. The number of ether oxygens (including phenoxy) is 2. The average molecular weight is 422 g/mol. The van der Waals surface area contributed by atoms with Gasteiger partial charge >= 0.3 is 0 Å². The maximum Gasteiger partial charge on any atom is 0.261 e. The van der Waals surface area contributed by atoms with Gasteiger partial charge < -0.3 is 15.2 Å². The summed E-state index contributed by atoms with van der Waals surface area (Å²) in [5.74, 6) is 2.88. The second-order valence-corrected chi connectivity index (χ2v) is 8.58. The summed E-state index contributed by atoms with van der Waals surface area (Å²) in [7, 11) is 3.22. The van der Waals surface area contributed by atoms with Crippen LogP contribution in [0.5, 0.6) is 11.5 Å². The molecule has 0 saturated heterocycles. The molecule has 2 atom stereocenters. The zero-order valence-corrected chi connectivity index (χ0v) is 18.6. The minimum Gasteiger partial charge on any atom is -0.493 e. The standard InChI is InChI=1S/C25H31N3O3/c1-16-7-9-21-20(11-16)25(29)28(15-18-6-4-5-17(12-18)14-26)24(27-21)19-8-10-22(30-2)23(13-19)31-3/h7-11,13,17-18H,4-6,12,14-15,26H2,1-3H3. The van der Waals surface area contributed by atoms with Gasteiger partial charge in [0.25, 0.3) is 5.56 Å². The fourth-order valence-corrected chi connectivity index (χ4v) is 4.74. The second-order valence-electron chi connectivity index (χ2n) is 8.58. The fraction of sp³-hybridized carbons (Fsp3) is 0.440. The Bertz CT molecular complexity index is 1140. The van der Waals surface area contributed by atoms with Gasteiger partial charge in [0, 0.05) is 12.1 Å². The van der Waals surface area contributed by atoms with Crippen molar-refractivity contribution in [3.8, 4) is 22.9 Å². The van der Waals surface area contributed by atoms with Crippen LogP contribution in [0.25, 0.3) is 22.3 Å². The van der Waals surface area contributed by atoms with Crippen LogP contribution >= 0.6 is 0 Å². The molecule has 1 fully saturated rings. The Hall–Kier alpha value is -2.86. The highest BCUT2D eigenvalue weighted by molar-refractivity contribution is 5.80. The summed E-state index contributed by atoms with van der Waals surface area (Å²) in [6, 6.07) is 11.5. The van der Waals surface area contributed by atoms with Crippen LogP contribution < -0.4 is 20.8 Å². The molecule has 4 rings (SSSR count). The molecule has 3 aromatic rings. The highest BCUT2D eigenvalue weighted by Gasteiger charge is 2.24. The third-order valence-electron chi connectivity index (χ3n) is 6.42. The van der Waals surface area contributed by atoms with E-state index >= 15 is 0 Å². The molecule has 2 N–H and O–H groups in total. The van der Waals surface area contributed by atoms with Gasteiger partial charge in [0.2, 0.25) is 0 Å². The van der Waals surface area contributed by atoms with Crippen molar-refractivity contribution >= 4 is 10.9 Å². The van der Waals surface area contributed by atoms with E-state index in [9.17, 15) is 4.79 Å². The molecule has 164 valence electrons. The molecule has 6 nitrogen and oxygen atoms in total. The van der Waals surface area contributed by atoms with Gasteiger partial charge in [-0.25, -0.2) is 4.98 Å². The first-order chi connectivity index (χ1) is 15.0. The van der Waals surface area contributed by atoms with E-state index in [1.54, 1.807) is 14.2 Å². The number of aryl methyl sites for hydroxylation is 1. The third kappa shape index (κ3) is 4.30. The SMILES string of the molecule is COc1ccc(-c2nc3ccc(C)cc3c(=O)n2CC2CCCC(CN)C2)cc1OC. The Morgan fingerprint density at radius 2 is 1.84 bits per heavy atom. The number of benzene rings is 2. The predicted molar refractivity (Wildman–Crippen MR) is 124 cm³/mol. The van der Waals surface area contributed by atoms with E-state index in [0.717, 1.165) is 30.4 Å². The summed E-state index contributed by atoms with van der Waals surface area (Å²) in [6.07, 6.45) is 4.51. The molecule has 0 radical (unpaired) electrons. The van der Waals surface area contributed by atoms with Crippen molar-refractivity contribution in [1.29, 1.82) is 0 Å². The van der Waals surface area contributed by atoms with E-state index in [4.69, 9.17) is 20.2 Å². The number of hydrogen-bond donors (Lipinski definition) is 1. The van der Waals surface area contributed by atoms with Crippen molar-refractivity contribution in [2.75, 3.05) is 20.8 Å². The maximum absolute atomic E-state index is 13.6. The second kappa shape index (κ2) is 9.10. The van der Waals surface area contributed by atoms with E-state index in [2.05, 4.69) is 0 Å². The first-order valence-electron chi connectivity index (χ1n) is 11.0. The molecule has 2 unspecified atom stereocenters. The molecule has 1 heterocycles. The fourth-order valence-electron chi connectivity index (χ4n) is 4.74. The van der Waals surface area contributed by atoms with E-state index in [1.807, 2.05) is 47.9 Å². The Balaban J connectivity index is 1.86. The normalized spacial score (nSPS) is 18.8. The molecule has 1 aromatic heterocycles. The molecule has 0 bridgehead atoms. The lowest BCUT2D eigenvalue weighted by molar-refractivity contribution is 0.246. The number of nitrogens with zero attached hydrogens (tertiary/aromatic N) is 2. The summed E-state index contributed by atoms with van der Waals surface area (Å²) >= 11 is 0. The summed E-state index contributed by atoms with van der Waals surface area (Å²) in [4.78, 5) is 18.5. The van der Waals surface area contributed by atoms with Crippen molar-refractivity contribution < 1.29 is 9.47 Å². The van der Waals surface area contributed by atoms with Crippen molar-refractivity contribution in [2.24, 2.45) is 17.6 Å². The van der Waals surface area contributed by atoms with E-state index in [-0.39, 0.29) is 5.56 Å². The summed E-state index contributed by atoms with van der Waals surface area (Å²) in [5.41, 5.74) is 8.56. The largest absolute Gasteiger partial charge is 0.493 e. The van der Waals surface area contributed by atoms with Gasteiger partial charge in [-0.05, 0) is 74.9 Å². The minimum absolute atomic E-state index is 0.00774. The minimum atomic E-state index is 0.00774. The lowest BCUT2D eigenvalue weighted by atomic mass is 9.81. The molecule has 1 saturated carbocycles. The van der Waals surface area contributed by atoms with Gasteiger partial charge in [0.05, 0.1) is 25.1 Å². The lowest BCUT2D eigenvalue weighted by Crippen LogP contribution is -2.30. The lowest BCUT2D eigenvalue weighted by Gasteiger charge is -2.29. The van der Waals surface area contributed by atoms with Crippen molar-refractivity contribution in [3.05, 3.63) is 52.3 Å². The van der Waals surface area contributed by atoms with Crippen LogP contribution in [0.2, 0.25) is 0 Å². The number of methoxy groups -OCH3 is 2. The van der Waals surface area contributed by atoms with Crippen molar-refractivity contribution in [1.82, 2.24) is 9.55 Å². The third-order valence-corrected chi connectivity index (χ3v) is 6.42. The van der Waals surface area contributed by atoms with Crippen molar-refractivity contribution in [3.63, 3.8) is 0 Å². The Labute approximate surface area is 183 Å². The number of fused-ring (bicyclic) bond motifs is 1. The van der Waals surface area contributed by atoms with Crippen LogP contribution in [0.15, 0.2) is 41.2 Å². The molecule has 31 heavy (non-hydrogen) atoms. The van der Waals surface area contributed by atoms with E-state index in [0.29, 0.717) is 53.2 Å². The highest BCUT2D eigenvalue weighted by Crippen LogP contribution is 2.34. The quantitative estimate of drug-likeness (QED) is 0.647. The van der Waals surface area contributed by atoms with Gasteiger partial charge in [-0.2, -0.15) is 0 Å².